The van der Waals surface area contributed by atoms with Gasteiger partial charge < -0.3 is 14.6 Å². The fraction of sp³-hybridized carbons (Fsp3) is 0.455. The van der Waals surface area contributed by atoms with Gasteiger partial charge in [-0.25, -0.2) is 4.39 Å². The summed E-state index contributed by atoms with van der Waals surface area (Å²) in [7, 11) is 1.39. The Labute approximate surface area is 88.4 Å². The molecule has 0 fully saturated rings. The summed E-state index contributed by atoms with van der Waals surface area (Å²) >= 11 is 0. The van der Waals surface area contributed by atoms with E-state index in [2.05, 4.69) is 0 Å². The number of hydrogen-bond acceptors (Lipinski definition) is 3. The Bertz CT molecular complexity index is 315. The predicted molar refractivity (Wildman–Crippen MR) is 54.4 cm³/mol. The van der Waals surface area contributed by atoms with Crippen LogP contribution in [-0.4, -0.2) is 25.4 Å². The molecule has 0 aliphatic rings. The quantitative estimate of drug-likeness (QED) is 0.813. The second-order valence-electron chi connectivity index (χ2n) is 3.07. The Hall–Kier alpha value is -1.13. The van der Waals surface area contributed by atoms with Crippen molar-refractivity contribution in [2.75, 3.05) is 20.3 Å². The van der Waals surface area contributed by atoms with Gasteiger partial charge in [0.05, 0.1) is 13.7 Å². The smallest absolute Gasteiger partial charge is 0.165 e. The topological polar surface area (TPSA) is 38.7 Å². The summed E-state index contributed by atoms with van der Waals surface area (Å²) in [5.74, 6) is -0.312. The zero-order valence-electron chi connectivity index (χ0n) is 8.87. The molecule has 4 heteroatoms. The van der Waals surface area contributed by atoms with E-state index in [9.17, 15) is 9.50 Å². The molecule has 0 spiro atoms. The first kappa shape index (κ1) is 11.9. The van der Waals surface area contributed by atoms with Gasteiger partial charge in [0.25, 0.3) is 0 Å². The van der Waals surface area contributed by atoms with Crippen LogP contribution in [0.15, 0.2) is 18.2 Å². The first-order valence-electron chi connectivity index (χ1n) is 4.78. The maximum atomic E-state index is 13.0. The third kappa shape index (κ3) is 3.18. The number of methoxy groups -OCH3 is 1. The lowest BCUT2D eigenvalue weighted by Gasteiger charge is -2.12. The van der Waals surface area contributed by atoms with Gasteiger partial charge in [0.1, 0.15) is 6.10 Å². The minimum absolute atomic E-state index is 0.128. The van der Waals surface area contributed by atoms with E-state index in [1.165, 1.54) is 25.3 Å². The summed E-state index contributed by atoms with van der Waals surface area (Å²) in [6.45, 7) is 2.58. The highest BCUT2D eigenvalue weighted by Gasteiger charge is 2.10. The van der Waals surface area contributed by atoms with Gasteiger partial charge in [0.15, 0.2) is 11.6 Å². The van der Waals surface area contributed by atoms with Gasteiger partial charge >= 0.3 is 0 Å². The highest BCUT2D eigenvalue weighted by molar-refractivity contribution is 5.31. The Kier molecular flexibility index (Phi) is 4.52. The van der Waals surface area contributed by atoms with Crippen LogP contribution in [0.1, 0.15) is 18.6 Å². The molecule has 84 valence electrons. The van der Waals surface area contributed by atoms with Crippen LogP contribution in [-0.2, 0) is 4.74 Å². The molecule has 0 radical (unpaired) electrons. The third-order valence-electron chi connectivity index (χ3n) is 2.04. The van der Waals surface area contributed by atoms with Gasteiger partial charge in [-0.1, -0.05) is 6.07 Å². The second-order valence-corrected chi connectivity index (χ2v) is 3.07. The van der Waals surface area contributed by atoms with E-state index in [1.807, 2.05) is 6.92 Å². The maximum absolute atomic E-state index is 13.0. The zero-order valence-corrected chi connectivity index (χ0v) is 8.87. The number of ether oxygens (including phenoxy) is 2. The van der Waals surface area contributed by atoms with Crippen molar-refractivity contribution in [3.8, 4) is 5.75 Å². The van der Waals surface area contributed by atoms with Crippen molar-refractivity contribution in [2.45, 2.75) is 13.0 Å². The van der Waals surface area contributed by atoms with Gasteiger partial charge in [0.2, 0.25) is 0 Å². The normalized spacial score (nSPS) is 12.5. The fourth-order valence-corrected chi connectivity index (χ4v) is 1.21. The summed E-state index contributed by atoms with van der Waals surface area (Å²) < 4.78 is 22.9. The first-order chi connectivity index (χ1) is 7.19. The molecule has 1 unspecified atom stereocenters. The monoisotopic (exact) mass is 214 g/mol. The molecule has 0 saturated carbocycles. The van der Waals surface area contributed by atoms with Crippen LogP contribution in [0.5, 0.6) is 5.75 Å². The predicted octanol–water partition coefficient (Wildman–Crippen LogP) is 1.90. The summed E-state index contributed by atoms with van der Waals surface area (Å²) in [4.78, 5) is 0. The SMILES string of the molecule is CCOCC(O)c1ccc(F)c(OC)c1. The Morgan fingerprint density at radius 3 is 2.80 bits per heavy atom. The molecule has 0 aliphatic heterocycles. The number of halogens is 1. The fourth-order valence-electron chi connectivity index (χ4n) is 1.21. The highest BCUT2D eigenvalue weighted by atomic mass is 19.1. The summed E-state index contributed by atoms with van der Waals surface area (Å²) in [6, 6.07) is 4.25. The van der Waals surface area contributed by atoms with E-state index < -0.39 is 11.9 Å². The standard InChI is InChI=1S/C11H15FO3/c1-3-15-7-10(13)8-4-5-9(12)11(6-8)14-2/h4-6,10,13H,3,7H2,1-2H3. The Morgan fingerprint density at radius 1 is 1.47 bits per heavy atom. The van der Waals surface area contributed by atoms with Crippen molar-refractivity contribution < 1.29 is 19.0 Å². The van der Waals surface area contributed by atoms with E-state index in [4.69, 9.17) is 9.47 Å². The van der Waals surface area contributed by atoms with E-state index in [0.29, 0.717) is 12.2 Å². The minimum atomic E-state index is -0.751. The molecule has 1 aromatic carbocycles. The van der Waals surface area contributed by atoms with Gasteiger partial charge in [-0.2, -0.15) is 0 Å². The van der Waals surface area contributed by atoms with Crippen molar-refractivity contribution >= 4 is 0 Å². The summed E-state index contributed by atoms with van der Waals surface area (Å²) in [5, 5.41) is 9.66. The molecule has 0 amide bonds. The molecule has 0 aromatic heterocycles. The summed E-state index contributed by atoms with van der Waals surface area (Å²) in [6.07, 6.45) is -0.751. The van der Waals surface area contributed by atoms with Crippen molar-refractivity contribution in [1.82, 2.24) is 0 Å². The van der Waals surface area contributed by atoms with Gasteiger partial charge in [-0.3, -0.25) is 0 Å². The first-order valence-corrected chi connectivity index (χ1v) is 4.78. The van der Waals surface area contributed by atoms with E-state index in [1.54, 1.807) is 0 Å². The molecule has 0 bridgehead atoms. The van der Waals surface area contributed by atoms with Crippen molar-refractivity contribution in [1.29, 1.82) is 0 Å². The van der Waals surface area contributed by atoms with Crippen LogP contribution in [0.2, 0.25) is 0 Å². The molecule has 0 aliphatic carbocycles. The van der Waals surface area contributed by atoms with Crippen molar-refractivity contribution in [3.63, 3.8) is 0 Å². The maximum Gasteiger partial charge on any atom is 0.165 e. The van der Waals surface area contributed by atoms with Crippen LogP contribution in [0.3, 0.4) is 0 Å². The van der Waals surface area contributed by atoms with Crippen LogP contribution in [0, 0.1) is 5.82 Å². The number of aliphatic hydroxyl groups is 1. The number of hydrogen-bond donors (Lipinski definition) is 1. The third-order valence-corrected chi connectivity index (χ3v) is 2.04. The van der Waals surface area contributed by atoms with Gasteiger partial charge in [0, 0.05) is 6.61 Å². The number of aliphatic hydroxyl groups excluding tert-OH is 1. The van der Waals surface area contributed by atoms with Crippen LogP contribution < -0.4 is 4.74 Å². The molecular weight excluding hydrogens is 199 g/mol. The molecule has 3 nitrogen and oxygen atoms in total. The lowest BCUT2D eigenvalue weighted by atomic mass is 10.1. The van der Waals surface area contributed by atoms with Crippen LogP contribution >= 0.6 is 0 Å². The molecule has 1 atom stereocenters. The number of benzene rings is 1. The zero-order chi connectivity index (χ0) is 11.3. The molecule has 1 aromatic rings. The highest BCUT2D eigenvalue weighted by Crippen LogP contribution is 2.22. The van der Waals surface area contributed by atoms with Gasteiger partial charge in [-0.05, 0) is 24.6 Å². The molecule has 0 saturated heterocycles. The Balaban J connectivity index is 2.76. The molecular formula is C11H15FO3. The number of rotatable bonds is 5. The summed E-state index contributed by atoms with van der Waals surface area (Å²) in [5.41, 5.74) is 0.585. The Morgan fingerprint density at radius 2 is 2.20 bits per heavy atom. The van der Waals surface area contributed by atoms with Gasteiger partial charge in [-0.15, -0.1) is 0 Å². The van der Waals surface area contributed by atoms with Crippen molar-refractivity contribution in [2.24, 2.45) is 0 Å². The average molecular weight is 214 g/mol. The second kappa shape index (κ2) is 5.68. The lowest BCUT2D eigenvalue weighted by Crippen LogP contribution is -2.07. The van der Waals surface area contributed by atoms with Crippen LogP contribution in [0.25, 0.3) is 0 Å². The molecule has 0 heterocycles. The van der Waals surface area contributed by atoms with E-state index in [-0.39, 0.29) is 12.4 Å². The average Bonchev–Trinajstić information content (AvgIpc) is 2.26. The molecule has 1 N–H and O–H groups in total. The van der Waals surface area contributed by atoms with Crippen molar-refractivity contribution in [3.05, 3.63) is 29.6 Å². The largest absolute Gasteiger partial charge is 0.494 e. The lowest BCUT2D eigenvalue weighted by molar-refractivity contribution is 0.0419. The molecule has 15 heavy (non-hydrogen) atoms. The molecule has 1 rings (SSSR count). The minimum Gasteiger partial charge on any atom is -0.494 e. The van der Waals surface area contributed by atoms with E-state index in [0.717, 1.165) is 0 Å². The van der Waals surface area contributed by atoms with E-state index >= 15 is 0 Å². The van der Waals surface area contributed by atoms with Crippen LogP contribution in [0.4, 0.5) is 4.39 Å².